The Kier molecular flexibility index (Phi) is 11.5. The van der Waals surface area contributed by atoms with Crippen molar-refractivity contribution in [3.63, 3.8) is 0 Å². The highest BCUT2D eigenvalue weighted by Crippen LogP contribution is 2.31. The van der Waals surface area contributed by atoms with E-state index in [9.17, 15) is 0 Å². The van der Waals surface area contributed by atoms with Gasteiger partial charge >= 0.3 is 0 Å². The van der Waals surface area contributed by atoms with E-state index < -0.39 is 0 Å². The predicted molar refractivity (Wildman–Crippen MR) is 121 cm³/mol. The van der Waals surface area contributed by atoms with Crippen molar-refractivity contribution in [2.75, 3.05) is 26.4 Å². The molecule has 0 radical (unpaired) electrons. The van der Waals surface area contributed by atoms with Gasteiger partial charge in [-0.3, -0.25) is 0 Å². The van der Waals surface area contributed by atoms with E-state index in [0.29, 0.717) is 26.4 Å². The van der Waals surface area contributed by atoms with E-state index >= 15 is 0 Å². The Morgan fingerprint density at radius 2 is 1.66 bits per heavy atom. The third-order valence-corrected chi connectivity index (χ3v) is 4.03. The van der Waals surface area contributed by atoms with Crippen LogP contribution in [0.4, 0.5) is 0 Å². The maximum Gasteiger partial charge on any atom is 0.129 e. The van der Waals surface area contributed by atoms with Crippen LogP contribution in [0.5, 0.6) is 11.5 Å². The van der Waals surface area contributed by atoms with Crippen molar-refractivity contribution >= 4 is 28.9 Å². The molecule has 1 aromatic carbocycles. The maximum absolute atomic E-state index is 6.04. The van der Waals surface area contributed by atoms with Crippen molar-refractivity contribution in [3.05, 3.63) is 33.8 Å². The molecule has 0 N–H and O–H groups in total. The number of rotatable bonds is 12. The molecule has 164 valence electrons. The summed E-state index contributed by atoms with van der Waals surface area (Å²) in [5.74, 6) is 1.68. The Morgan fingerprint density at radius 1 is 1.03 bits per heavy atom. The van der Waals surface area contributed by atoms with Gasteiger partial charge in [0, 0.05) is 0 Å². The Labute approximate surface area is 184 Å². The fraction of sp³-hybridized carbons (Fsp3) is 0.591. The van der Waals surface area contributed by atoms with Crippen molar-refractivity contribution in [1.82, 2.24) is 0 Å². The summed E-state index contributed by atoms with van der Waals surface area (Å²) in [4.78, 5) is 5.38. The van der Waals surface area contributed by atoms with Crippen LogP contribution < -0.4 is 9.47 Å². The first kappa shape index (κ1) is 25.6. The highest BCUT2D eigenvalue weighted by atomic mass is 35.5. The van der Waals surface area contributed by atoms with E-state index in [1.54, 1.807) is 6.08 Å². The normalized spacial score (nSPS) is 11.9. The minimum atomic E-state index is -0.306. The lowest BCUT2D eigenvalue weighted by atomic mass is 10.0. The zero-order valence-electron chi connectivity index (χ0n) is 18.3. The van der Waals surface area contributed by atoms with Crippen molar-refractivity contribution in [1.29, 1.82) is 0 Å². The molecule has 0 amide bonds. The van der Waals surface area contributed by atoms with Gasteiger partial charge in [-0.1, -0.05) is 42.2 Å². The minimum Gasteiger partial charge on any atom is -0.491 e. The molecule has 0 aromatic heterocycles. The molecule has 5 nitrogen and oxygen atoms in total. The van der Waals surface area contributed by atoms with Crippen LogP contribution in [0.25, 0.3) is 0 Å². The van der Waals surface area contributed by atoms with Gasteiger partial charge in [0.1, 0.15) is 34.8 Å². The van der Waals surface area contributed by atoms with Crippen LogP contribution in [0.15, 0.2) is 27.9 Å². The van der Waals surface area contributed by atoms with Gasteiger partial charge in [0.15, 0.2) is 0 Å². The standard InChI is InChI=1S/C22H33Cl2NO4/c1-7-17-13-19(27-10-9-20(23)24)14-18(8-2)21(17)28-12-11-26-15-16(3)25-29-22(4,5)6/h9,13-14H,7-8,10-12,15H2,1-6H3. The molecule has 1 rings (SSSR count). The van der Waals surface area contributed by atoms with Crippen LogP contribution in [-0.2, 0) is 22.4 Å². The average molecular weight is 446 g/mol. The van der Waals surface area contributed by atoms with Crippen molar-refractivity contribution in [3.8, 4) is 11.5 Å². The summed E-state index contributed by atoms with van der Waals surface area (Å²) in [6.07, 6.45) is 3.28. The molecule has 0 aliphatic rings. The third kappa shape index (κ3) is 10.8. The second-order valence-corrected chi connectivity index (χ2v) is 8.52. The fourth-order valence-corrected chi connectivity index (χ4v) is 2.51. The molecular weight excluding hydrogens is 413 g/mol. The van der Waals surface area contributed by atoms with Crippen molar-refractivity contribution < 1.29 is 19.0 Å². The number of benzene rings is 1. The largest absolute Gasteiger partial charge is 0.491 e. The van der Waals surface area contributed by atoms with Crippen LogP contribution in [-0.4, -0.2) is 37.7 Å². The molecule has 0 heterocycles. The Morgan fingerprint density at radius 3 is 2.17 bits per heavy atom. The molecule has 0 fully saturated rings. The van der Waals surface area contributed by atoms with Crippen LogP contribution >= 0.6 is 23.2 Å². The highest BCUT2D eigenvalue weighted by Gasteiger charge is 2.12. The number of hydrogen-bond acceptors (Lipinski definition) is 5. The SMILES string of the molecule is CCc1cc(OCC=C(Cl)Cl)cc(CC)c1OCCOCC(C)=NOC(C)(C)C. The van der Waals surface area contributed by atoms with Crippen LogP contribution in [0.2, 0.25) is 0 Å². The molecule has 0 atom stereocenters. The topological polar surface area (TPSA) is 49.3 Å². The Bertz CT molecular complexity index is 668. The van der Waals surface area contributed by atoms with Crippen LogP contribution in [0, 0.1) is 0 Å². The summed E-state index contributed by atoms with van der Waals surface area (Å²) in [6.45, 7) is 13.6. The Balaban J connectivity index is 2.61. The molecule has 0 spiro atoms. The average Bonchev–Trinajstić information content (AvgIpc) is 2.65. The molecule has 0 saturated carbocycles. The smallest absolute Gasteiger partial charge is 0.129 e. The summed E-state index contributed by atoms with van der Waals surface area (Å²) in [5, 5.41) is 4.07. The van der Waals surface area contributed by atoms with E-state index in [2.05, 4.69) is 19.0 Å². The second-order valence-electron chi connectivity index (χ2n) is 7.51. The summed E-state index contributed by atoms with van der Waals surface area (Å²) in [7, 11) is 0. The summed E-state index contributed by atoms with van der Waals surface area (Å²) >= 11 is 11.3. The zero-order chi connectivity index (χ0) is 21.9. The van der Waals surface area contributed by atoms with Crippen molar-refractivity contribution in [2.45, 2.75) is 60.0 Å². The van der Waals surface area contributed by atoms with Gasteiger partial charge in [-0.25, -0.2) is 0 Å². The number of ether oxygens (including phenoxy) is 3. The van der Waals surface area contributed by atoms with Gasteiger partial charge in [0.2, 0.25) is 0 Å². The number of halogens is 2. The monoisotopic (exact) mass is 445 g/mol. The first-order valence-corrected chi connectivity index (χ1v) is 10.6. The first-order valence-electron chi connectivity index (χ1n) is 9.88. The lowest BCUT2D eigenvalue weighted by Crippen LogP contribution is -2.18. The van der Waals surface area contributed by atoms with Gasteiger partial charge < -0.3 is 19.0 Å². The summed E-state index contributed by atoms with van der Waals surface area (Å²) < 4.78 is 17.6. The molecule has 0 saturated heterocycles. The Hall–Kier alpha value is -1.43. The number of aryl methyl sites for hydroxylation is 2. The summed E-state index contributed by atoms with van der Waals surface area (Å²) in [5.41, 5.74) is 2.67. The lowest BCUT2D eigenvalue weighted by molar-refractivity contribution is -0.000818. The van der Waals surface area contributed by atoms with E-state index in [1.165, 1.54) is 0 Å². The van der Waals surface area contributed by atoms with Gasteiger partial charge in [-0.05, 0) is 69.9 Å². The number of nitrogens with zero attached hydrogens (tertiary/aromatic N) is 1. The highest BCUT2D eigenvalue weighted by molar-refractivity contribution is 6.55. The molecule has 0 bridgehead atoms. The molecule has 7 heteroatoms. The van der Waals surface area contributed by atoms with Crippen molar-refractivity contribution in [2.24, 2.45) is 5.16 Å². The predicted octanol–water partition coefficient (Wildman–Crippen LogP) is 6.10. The molecular formula is C22H33Cl2NO4. The zero-order valence-corrected chi connectivity index (χ0v) is 19.8. The van der Waals surface area contributed by atoms with Crippen LogP contribution in [0.3, 0.4) is 0 Å². The van der Waals surface area contributed by atoms with E-state index in [0.717, 1.165) is 41.2 Å². The first-order chi connectivity index (χ1) is 13.7. The van der Waals surface area contributed by atoms with Gasteiger partial charge in [-0.2, -0.15) is 0 Å². The van der Waals surface area contributed by atoms with E-state index in [4.69, 9.17) is 42.3 Å². The van der Waals surface area contributed by atoms with Crippen LogP contribution in [0.1, 0.15) is 52.7 Å². The molecule has 1 aromatic rings. The maximum atomic E-state index is 6.04. The number of hydrogen-bond donors (Lipinski definition) is 0. The van der Waals surface area contributed by atoms with E-state index in [1.807, 2.05) is 39.8 Å². The van der Waals surface area contributed by atoms with E-state index in [-0.39, 0.29) is 10.1 Å². The molecule has 0 aliphatic carbocycles. The van der Waals surface area contributed by atoms with Gasteiger partial charge in [-0.15, -0.1) is 0 Å². The molecule has 29 heavy (non-hydrogen) atoms. The third-order valence-electron chi connectivity index (χ3n) is 3.73. The number of oxime groups is 1. The minimum absolute atomic E-state index is 0.196. The van der Waals surface area contributed by atoms with Gasteiger partial charge in [0.25, 0.3) is 0 Å². The fourth-order valence-electron chi connectivity index (χ4n) is 2.38. The summed E-state index contributed by atoms with van der Waals surface area (Å²) in [6, 6.07) is 3.98. The molecule has 0 aliphatic heterocycles. The quantitative estimate of drug-likeness (QED) is 0.221. The van der Waals surface area contributed by atoms with Gasteiger partial charge in [0.05, 0.1) is 18.9 Å². The second kappa shape index (κ2) is 13.0. The molecule has 0 unspecified atom stereocenters. The lowest BCUT2D eigenvalue weighted by Gasteiger charge is -2.17.